The minimum absolute atomic E-state index is 0.102. The van der Waals surface area contributed by atoms with E-state index in [0.29, 0.717) is 5.88 Å². The molecule has 0 aliphatic rings. The van der Waals surface area contributed by atoms with Crippen LogP contribution in [-0.4, -0.2) is 30.1 Å². The Balaban J connectivity index is 2.48. The number of carbonyl (C=O) groups excluding carboxylic acids is 1. The van der Waals surface area contributed by atoms with Crippen molar-refractivity contribution in [3.8, 4) is 11.8 Å². The molecular formula is C7H10N2O4. The van der Waals surface area contributed by atoms with Gasteiger partial charge in [-0.1, -0.05) is 0 Å². The third kappa shape index (κ3) is 3.12. The van der Waals surface area contributed by atoms with Gasteiger partial charge in [-0.2, -0.15) is 0 Å². The molecule has 1 N–H and O–H groups in total. The molecule has 1 rings (SSSR count). The lowest BCUT2D eigenvalue weighted by Crippen LogP contribution is -2.01. The van der Waals surface area contributed by atoms with Crippen molar-refractivity contribution in [3.05, 3.63) is 6.07 Å². The van der Waals surface area contributed by atoms with Crippen molar-refractivity contribution in [1.82, 2.24) is 10.2 Å². The summed E-state index contributed by atoms with van der Waals surface area (Å²) in [5.74, 6) is 0.152. The summed E-state index contributed by atoms with van der Waals surface area (Å²) >= 11 is 0. The summed E-state index contributed by atoms with van der Waals surface area (Å²) < 4.78 is 14.3. The molecule has 72 valence electrons. The van der Waals surface area contributed by atoms with Crippen LogP contribution in [0.4, 0.5) is 0 Å². The lowest BCUT2D eigenvalue weighted by molar-refractivity contribution is -0.132. The number of aromatic nitrogens is 2. The second-order valence-electron chi connectivity index (χ2n) is 2.21. The largest absolute Gasteiger partial charge is 0.449 e. The molecule has 0 fully saturated rings. The molecule has 1 heterocycles. The molecule has 0 amide bonds. The Hall–Kier alpha value is -1.56. The molecule has 13 heavy (non-hydrogen) atoms. The fourth-order valence-corrected chi connectivity index (χ4v) is 0.687. The Morgan fingerprint density at radius 1 is 1.69 bits per heavy atom. The summed E-state index contributed by atoms with van der Waals surface area (Å²) in [5, 5.41) is 6.17. The number of hydrogen-bond acceptors (Lipinski definition) is 5. The minimum Gasteiger partial charge on any atom is -0.449 e. The van der Waals surface area contributed by atoms with E-state index >= 15 is 0 Å². The molecule has 0 saturated heterocycles. The highest BCUT2D eigenvalue weighted by atomic mass is 16.7. The normalized spacial score (nSPS) is 9.69. The maximum absolute atomic E-state index is 10.5. The van der Waals surface area contributed by atoms with Gasteiger partial charge in [0.05, 0.1) is 6.07 Å². The number of rotatable bonds is 4. The molecule has 0 unspecified atom stereocenters. The van der Waals surface area contributed by atoms with Crippen LogP contribution >= 0.6 is 0 Å². The lowest BCUT2D eigenvalue weighted by Gasteiger charge is -1.97. The fourth-order valence-electron chi connectivity index (χ4n) is 0.687. The quantitative estimate of drug-likeness (QED) is 0.541. The van der Waals surface area contributed by atoms with Gasteiger partial charge in [-0.3, -0.25) is 4.79 Å². The van der Waals surface area contributed by atoms with Gasteiger partial charge in [0.25, 0.3) is 0 Å². The second-order valence-corrected chi connectivity index (χ2v) is 2.21. The number of esters is 1. The van der Waals surface area contributed by atoms with Gasteiger partial charge in [-0.25, -0.2) is 5.10 Å². The third-order valence-electron chi connectivity index (χ3n) is 1.11. The van der Waals surface area contributed by atoms with E-state index in [-0.39, 0.29) is 12.7 Å². The minimum atomic E-state index is -0.415. The highest BCUT2D eigenvalue weighted by Gasteiger charge is 2.04. The van der Waals surface area contributed by atoms with Crippen LogP contribution in [0.15, 0.2) is 6.07 Å². The maximum Gasteiger partial charge on any atom is 0.309 e. The molecule has 6 heteroatoms. The first-order valence-electron chi connectivity index (χ1n) is 3.58. The van der Waals surface area contributed by atoms with Gasteiger partial charge in [-0.15, -0.1) is 5.10 Å². The van der Waals surface area contributed by atoms with Gasteiger partial charge in [-0.05, 0) is 0 Å². The van der Waals surface area contributed by atoms with Crippen LogP contribution in [0.2, 0.25) is 0 Å². The zero-order valence-electron chi connectivity index (χ0n) is 7.36. The first-order chi connectivity index (χ1) is 6.22. The molecule has 6 nitrogen and oxygen atoms in total. The monoisotopic (exact) mass is 186 g/mol. The summed E-state index contributed by atoms with van der Waals surface area (Å²) in [6, 6.07) is 1.46. The van der Waals surface area contributed by atoms with Crippen LogP contribution in [-0.2, 0) is 9.53 Å². The Labute approximate surface area is 74.8 Å². The third-order valence-corrected chi connectivity index (χ3v) is 1.11. The molecule has 0 bridgehead atoms. The molecular weight excluding hydrogens is 176 g/mol. The number of nitrogens with zero attached hydrogens (tertiary/aromatic N) is 1. The number of aromatic amines is 1. The van der Waals surface area contributed by atoms with Gasteiger partial charge in [0.15, 0.2) is 6.79 Å². The van der Waals surface area contributed by atoms with Crippen molar-refractivity contribution in [3.63, 3.8) is 0 Å². The van der Waals surface area contributed by atoms with Crippen molar-refractivity contribution >= 4 is 5.97 Å². The zero-order chi connectivity index (χ0) is 9.68. The summed E-state index contributed by atoms with van der Waals surface area (Å²) in [6.45, 7) is 1.40. The van der Waals surface area contributed by atoms with Crippen molar-refractivity contribution in [1.29, 1.82) is 0 Å². The molecule has 0 aliphatic heterocycles. The first-order valence-corrected chi connectivity index (χ1v) is 3.58. The topological polar surface area (TPSA) is 73.4 Å². The van der Waals surface area contributed by atoms with Crippen molar-refractivity contribution < 1.29 is 19.0 Å². The fraction of sp³-hybridized carbons (Fsp3) is 0.429. The molecule has 0 radical (unpaired) electrons. The van der Waals surface area contributed by atoms with Crippen LogP contribution in [0.25, 0.3) is 0 Å². The number of H-pyrrole nitrogens is 1. The molecule has 0 atom stereocenters. The predicted molar refractivity (Wildman–Crippen MR) is 42.4 cm³/mol. The van der Waals surface area contributed by atoms with Crippen LogP contribution in [0.5, 0.6) is 11.8 Å². The van der Waals surface area contributed by atoms with Crippen molar-refractivity contribution in [2.75, 3.05) is 13.9 Å². The predicted octanol–water partition coefficient (Wildman–Crippen LogP) is 0.318. The standard InChI is InChI=1S/C7H10N2O4/c1-5(10)13-7-3-6(8-9-7)12-4-11-2/h3H,4H2,1-2H3,(H,8,9). The summed E-state index contributed by atoms with van der Waals surface area (Å²) in [4.78, 5) is 10.5. The van der Waals surface area contributed by atoms with Gasteiger partial charge < -0.3 is 14.2 Å². The van der Waals surface area contributed by atoms with E-state index in [1.807, 2.05) is 0 Å². The Kier molecular flexibility index (Phi) is 3.27. The molecule has 0 spiro atoms. The van der Waals surface area contributed by atoms with E-state index in [4.69, 9.17) is 9.47 Å². The van der Waals surface area contributed by atoms with Gasteiger partial charge in [0.1, 0.15) is 0 Å². The molecule has 0 aromatic carbocycles. The van der Waals surface area contributed by atoms with Crippen molar-refractivity contribution in [2.45, 2.75) is 6.92 Å². The highest BCUT2D eigenvalue weighted by Crippen LogP contribution is 2.14. The number of hydrogen-bond donors (Lipinski definition) is 1. The Morgan fingerprint density at radius 3 is 3.08 bits per heavy atom. The SMILES string of the molecule is COCOc1cc(OC(C)=O)[nH]n1. The van der Waals surface area contributed by atoms with Crippen molar-refractivity contribution in [2.24, 2.45) is 0 Å². The van der Waals surface area contributed by atoms with Crippen LogP contribution in [0, 0.1) is 0 Å². The summed E-state index contributed by atoms with van der Waals surface area (Å²) in [5.41, 5.74) is 0. The average molecular weight is 186 g/mol. The van der Waals surface area contributed by atoms with Gasteiger partial charge in [0.2, 0.25) is 11.8 Å². The van der Waals surface area contributed by atoms with E-state index in [1.165, 1.54) is 20.1 Å². The maximum atomic E-state index is 10.5. The molecule has 1 aromatic heterocycles. The van der Waals surface area contributed by atoms with E-state index < -0.39 is 5.97 Å². The Morgan fingerprint density at radius 2 is 2.46 bits per heavy atom. The Bertz CT molecular complexity index is 284. The summed E-state index contributed by atoms with van der Waals surface area (Å²) in [6.07, 6.45) is 0. The second kappa shape index (κ2) is 4.46. The smallest absolute Gasteiger partial charge is 0.309 e. The van der Waals surface area contributed by atoms with E-state index in [9.17, 15) is 4.79 Å². The first kappa shape index (κ1) is 9.53. The van der Waals surface area contributed by atoms with Gasteiger partial charge >= 0.3 is 5.97 Å². The molecule has 0 saturated carbocycles. The van der Waals surface area contributed by atoms with Crippen LogP contribution in [0.3, 0.4) is 0 Å². The van der Waals surface area contributed by atoms with E-state index in [1.54, 1.807) is 0 Å². The van der Waals surface area contributed by atoms with E-state index in [2.05, 4.69) is 14.9 Å². The van der Waals surface area contributed by atoms with E-state index in [0.717, 1.165) is 0 Å². The van der Waals surface area contributed by atoms with Crippen LogP contribution in [0.1, 0.15) is 6.92 Å². The highest BCUT2D eigenvalue weighted by molar-refractivity contribution is 5.68. The number of nitrogens with one attached hydrogen (secondary N) is 1. The molecule has 1 aromatic rings. The average Bonchev–Trinajstić information content (AvgIpc) is 2.48. The number of carbonyl (C=O) groups is 1. The number of methoxy groups -OCH3 is 1. The van der Waals surface area contributed by atoms with Gasteiger partial charge in [0, 0.05) is 14.0 Å². The molecule has 0 aliphatic carbocycles. The zero-order valence-corrected chi connectivity index (χ0v) is 7.36. The van der Waals surface area contributed by atoms with Crippen LogP contribution < -0.4 is 9.47 Å². The number of ether oxygens (including phenoxy) is 3. The lowest BCUT2D eigenvalue weighted by atomic mass is 10.6. The summed E-state index contributed by atoms with van der Waals surface area (Å²) in [7, 11) is 1.50.